The Bertz CT molecular complexity index is 1960. The number of hydrogen-bond acceptors (Lipinski definition) is 12. The fourth-order valence-corrected chi connectivity index (χ4v) is 6.11. The summed E-state index contributed by atoms with van der Waals surface area (Å²) < 4.78 is 5.15. The minimum atomic E-state index is -1.91. The Morgan fingerprint density at radius 1 is 0.636 bits per heavy atom. The van der Waals surface area contributed by atoms with Crippen LogP contribution in [-0.4, -0.2) is 100 Å². The molecule has 7 N–H and O–H groups in total. The number of aliphatic hydroxyl groups excluding tert-OH is 4. The highest BCUT2D eigenvalue weighted by molar-refractivity contribution is 5.92. The quantitative estimate of drug-likeness (QED) is 0.112. The van der Waals surface area contributed by atoms with E-state index in [4.69, 9.17) is 4.74 Å². The van der Waals surface area contributed by atoms with Crippen molar-refractivity contribution >= 4 is 23.6 Å². The fraction of sp³-hybridized carbons (Fsp3) is 0.333. The molecule has 2 aliphatic heterocycles. The Hall–Kier alpha value is -5.94. The van der Waals surface area contributed by atoms with Gasteiger partial charge in [-0.05, 0) is 72.5 Å². The number of fused-ring (bicyclic) bond motifs is 2. The number of phenols is 1. The minimum Gasteiger partial charge on any atom is -0.508 e. The normalized spacial score (nSPS) is 16.2. The molecule has 2 aromatic carbocycles. The first kappa shape index (κ1) is 40.2. The van der Waals surface area contributed by atoms with E-state index >= 15 is 0 Å². The molecule has 4 amide bonds. The van der Waals surface area contributed by atoms with Crippen LogP contribution in [0.2, 0.25) is 0 Å². The lowest BCUT2D eigenvalue weighted by molar-refractivity contribution is -0.153. The van der Waals surface area contributed by atoms with Crippen LogP contribution in [0.4, 0.5) is 0 Å². The minimum absolute atomic E-state index is 0.0477. The largest absolute Gasteiger partial charge is 0.508 e. The summed E-state index contributed by atoms with van der Waals surface area (Å²) in [5, 5.41) is 55.3. The molecule has 0 saturated carbocycles. The lowest BCUT2D eigenvalue weighted by atomic mass is 10.1. The SMILES string of the molecule is COc1cccc([C@@H](C)NC(=O)[C@H](O)[C@@H](O)C(=O)N2Cc3cccnc3C2)c1.C[C@@H](NC(=O)[C@H](O)[C@@H](O)C(=O)N1Cc2cccnc2C1)c1cccc(O)c1. The molecule has 290 valence electrons. The number of amides is 4. The summed E-state index contributed by atoms with van der Waals surface area (Å²) in [6, 6.07) is 19.7. The predicted octanol–water partition coefficient (Wildman–Crippen LogP) is 0.760. The zero-order valence-electron chi connectivity index (χ0n) is 30.4. The topological polar surface area (TPSA) is 235 Å². The van der Waals surface area contributed by atoms with E-state index in [2.05, 4.69) is 20.6 Å². The number of aliphatic hydroxyl groups is 4. The maximum Gasteiger partial charge on any atom is 0.255 e. The van der Waals surface area contributed by atoms with Gasteiger partial charge in [-0.1, -0.05) is 36.4 Å². The molecule has 0 unspecified atom stereocenters. The first-order valence-corrected chi connectivity index (χ1v) is 17.5. The van der Waals surface area contributed by atoms with Gasteiger partial charge in [0, 0.05) is 25.5 Å². The fourth-order valence-electron chi connectivity index (χ4n) is 6.11. The number of carbonyl (C=O) groups is 4. The van der Waals surface area contributed by atoms with Gasteiger partial charge in [-0.2, -0.15) is 0 Å². The molecule has 2 aromatic heterocycles. The molecule has 6 rings (SSSR count). The number of carbonyl (C=O) groups excluding carboxylic acids is 4. The molecule has 6 atom stereocenters. The molecule has 4 aromatic rings. The van der Waals surface area contributed by atoms with Crippen LogP contribution in [-0.2, 0) is 45.4 Å². The summed E-state index contributed by atoms with van der Waals surface area (Å²) in [7, 11) is 1.54. The number of aromatic hydroxyl groups is 1. The first-order chi connectivity index (χ1) is 26.3. The Balaban J connectivity index is 0.000000211. The van der Waals surface area contributed by atoms with Crippen molar-refractivity contribution in [3.63, 3.8) is 0 Å². The van der Waals surface area contributed by atoms with Crippen LogP contribution in [0.1, 0.15) is 59.6 Å². The van der Waals surface area contributed by atoms with E-state index in [0.29, 0.717) is 11.3 Å². The Labute approximate surface area is 317 Å². The average Bonchev–Trinajstić information content (AvgIpc) is 3.84. The van der Waals surface area contributed by atoms with Gasteiger partial charge in [-0.15, -0.1) is 0 Å². The third kappa shape index (κ3) is 9.79. The second kappa shape index (κ2) is 17.9. The number of hydrogen-bond donors (Lipinski definition) is 7. The average molecular weight is 757 g/mol. The summed E-state index contributed by atoms with van der Waals surface area (Å²) in [5.74, 6) is -2.47. The summed E-state index contributed by atoms with van der Waals surface area (Å²) in [4.78, 5) is 60.5. The molecular weight excluding hydrogens is 712 g/mol. The Morgan fingerprint density at radius 2 is 1.09 bits per heavy atom. The molecule has 16 heteroatoms. The zero-order valence-corrected chi connectivity index (χ0v) is 30.4. The van der Waals surface area contributed by atoms with Crippen LogP contribution in [0, 0.1) is 0 Å². The van der Waals surface area contributed by atoms with Crippen molar-refractivity contribution < 1.29 is 49.4 Å². The lowest BCUT2D eigenvalue weighted by Crippen LogP contribution is -2.50. The van der Waals surface area contributed by atoms with Gasteiger partial charge in [0.25, 0.3) is 23.6 Å². The number of phenolic OH excluding ortho intramolecular Hbond substituents is 1. The number of ether oxygens (including phenoxy) is 1. The number of benzene rings is 2. The second-order valence-electron chi connectivity index (χ2n) is 13.2. The summed E-state index contributed by atoms with van der Waals surface area (Å²) >= 11 is 0. The van der Waals surface area contributed by atoms with Crippen molar-refractivity contribution in [2.75, 3.05) is 7.11 Å². The van der Waals surface area contributed by atoms with E-state index in [-0.39, 0.29) is 31.9 Å². The monoisotopic (exact) mass is 756 g/mol. The third-order valence-electron chi connectivity index (χ3n) is 9.32. The van der Waals surface area contributed by atoms with Gasteiger partial charge in [0.05, 0.1) is 43.7 Å². The number of methoxy groups -OCH3 is 1. The predicted molar refractivity (Wildman–Crippen MR) is 195 cm³/mol. The van der Waals surface area contributed by atoms with Gasteiger partial charge >= 0.3 is 0 Å². The van der Waals surface area contributed by atoms with Crippen molar-refractivity contribution in [2.24, 2.45) is 0 Å². The van der Waals surface area contributed by atoms with Crippen LogP contribution < -0.4 is 15.4 Å². The summed E-state index contributed by atoms with van der Waals surface area (Å²) in [6.45, 7) is 4.41. The molecule has 0 saturated heterocycles. The van der Waals surface area contributed by atoms with Gasteiger partial charge in [-0.3, -0.25) is 29.1 Å². The molecule has 16 nitrogen and oxygen atoms in total. The molecular formula is C39H44N6O10. The van der Waals surface area contributed by atoms with Gasteiger partial charge in [0.15, 0.2) is 24.4 Å². The highest BCUT2D eigenvalue weighted by Gasteiger charge is 2.37. The standard InChI is InChI=1S/C20H23N3O5.C19H21N3O5/c1-12(13-5-3-7-15(9-13)28-2)22-19(26)17(24)18(25)20(27)23-10-14-6-4-8-21-16(14)11-23;1-11(12-4-2-6-14(23)8-12)21-18(26)16(24)17(25)19(27)22-9-13-5-3-7-20-15(13)10-22/h3-9,12,17-18,24-25H,10-11H2,1-2H3,(H,22,26);2-8,11,16-17,23-25H,9-10H2,1H3,(H,21,26)/t12-,17-,18-;11-,16-,17-/m11/s1. The first-order valence-electron chi connectivity index (χ1n) is 17.5. The van der Waals surface area contributed by atoms with Crippen molar-refractivity contribution in [3.05, 3.63) is 119 Å². The van der Waals surface area contributed by atoms with E-state index < -0.39 is 60.1 Å². The number of nitrogens with zero attached hydrogens (tertiary/aromatic N) is 4. The van der Waals surface area contributed by atoms with E-state index in [1.54, 1.807) is 81.9 Å². The molecule has 55 heavy (non-hydrogen) atoms. The Kier molecular flexibility index (Phi) is 13.1. The second-order valence-corrected chi connectivity index (χ2v) is 13.2. The van der Waals surface area contributed by atoms with Gasteiger partial charge < -0.3 is 50.7 Å². The van der Waals surface area contributed by atoms with E-state index in [9.17, 15) is 44.7 Å². The van der Waals surface area contributed by atoms with E-state index in [1.165, 1.54) is 21.9 Å². The maximum atomic E-state index is 12.5. The van der Waals surface area contributed by atoms with E-state index in [0.717, 1.165) is 28.1 Å². The number of rotatable bonds is 11. The van der Waals surface area contributed by atoms with Gasteiger partial charge in [-0.25, -0.2) is 0 Å². The maximum absolute atomic E-state index is 12.5. The number of aromatic nitrogens is 2. The zero-order chi connectivity index (χ0) is 39.8. The van der Waals surface area contributed by atoms with E-state index in [1.807, 2.05) is 12.1 Å². The highest BCUT2D eigenvalue weighted by atomic mass is 16.5. The molecule has 0 bridgehead atoms. The van der Waals surface area contributed by atoms with Crippen molar-refractivity contribution in [3.8, 4) is 11.5 Å². The number of nitrogens with one attached hydrogen (secondary N) is 2. The molecule has 0 spiro atoms. The van der Waals surface area contributed by atoms with Crippen LogP contribution in [0.5, 0.6) is 11.5 Å². The summed E-state index contributed by atoms with van der Waals surface area (Å²) in [6.07, 6.45) is -4.27. The molecule has 0 radical (unpaired) electrons. The Morgan fingerprint density at radius 3 is 1.53 bits per heavy atom. The van der Waals surface area contributed by atoms with Crippen LogP contribution in [0.3, 0.4) is 0 Å². The molecule has 4 heterocycles. The van der Waals surface area contributed by atoms with Crippen molar-refractivity contribution in [1.82, 2.24) is 30.4 Å². The summed E-state index contributed by atoms with van der Waals surface area (Å²) in [5.41, 5.74) is 4.62. The van der Waals surface area contributed by atoms with Gasteiger partial charge in [0.2, 0.25) is 0 Å². The smallest absolute Gasteiger partial charge is 0.255 e. The highest BCUT2D eigenvalue weighted by Crippen LogP contribution is 2.24. The molecule has 0 aliphatic carbocycles. The van der Waals surface area contributed by atoms with Crippen LogP contribution in [0.15, 0.2) is 85.2 Å². The van der Waals surface area contributed by atoms with Crippen LogP contribution >= 0.6 is 0 Å². The molecule has 2 aliphatic rings. The van der Waals surface area contributed by atoms with Crippen molar-refractivity contribution in [2.45, 2.75) is 76.5 Å². The lowest BCUT2D eigenvalue weighted by Gasteiger charge is -2.24. The third-order valence-corrected chi connectivity index (χ3v) is 9.32. The van der Waals surface area contributed by atoms with Crippen LogP contribution in [0.25, 0.3) is 0 Å². The van der Waals surface area contributed by atoms with Crippen molar-refractivity contribution in [1.29, 1.82) is 0 Å². The molecule has 0 fully saturated rings. The number of pyridine rings is 2. The van der Waals surface area contributed by atoms with Gasteiger partial charge in [0.1, 0.15) is 11.5 Å².